The largest absolute Gasteiger partial charge is 0.481 e. The fourth-order valence-electron chi connectivity index (χ4n) is 2.04. The average molecular weight is 268 g/mol. The molecule has 2 N–H and O–H groups in total. The van der Waals surface area contributed by atoms with Crippen LogP contribution in [0.3, 0.4) is 0 Å². The Hall–Kier alpha value is -2.12. The van der Waals surface area contributed by atoms with Gasteiger partial charge in [0.25, 0.3) is 0 Å². The molecule has 0 radical (unpaired) electrons. The SMILES string of the molecule is Cc1noc(CNC(=O)N2CCCC(C(=O)O)C2)n1. The molecule has 2 heterocycles. The molecule has 1 aromatic heterocycles. The Morgan fingerprint density at radius 2 is 2.37 bits per heavy atom. The first kappa shape index (κ1) is 13.3. The molecule has 2 amide bonds. The fourth-order valence-corrected chi connectivity index (χ4v) is 2.04. The molecule has 2 rings (SSSR count). The van der Waals surface area contributed by atoms with E-state index in [4.69, 9.17) is 9.63 Å². The Labute approximate surface area is 109 Å². The Morgan fingerprint density at radius 3 is 3.00 bits per heavy atom. The first-order valence-electron chi connectivity index (χ1n) is 6.11. The Bertz CT molecular complexity index is 473. The van der Waals surface area contributed by atoms with Crippen molar-refractivity contribution >= 4 is 12.0 Å². The molecule has 0 spiro atoms. The van der Waals surface area contributed by atoms with Gasteiger partial charge in [-0.1, -0.05) is 5.16 Å². The third kappa shape index (κ3) is 3.43. The lowest BCUT2D eigenvalue weighted by Crippen LogP contribution is -2.46. The lowest BCUT2D eigenvalue weighted by atomic mass is 9.99. The van der Waals surface area contributed by atoms with Crippen molar-refractivity contribution in [3.05, 3.63) is 11.7 Å². The molecule has 1 fully saturated rings. The van der Waals surface area contributed by atoms with Crippen molar-refractivity contribution in [1.82, 2.24) is 20.4 Å². The monoisotopic (exact) mass is 268 g/mol. The maximum atomic E-state index is 11.9. The average Bonchev–Trinajstić information content (AvgIpc) is 2.82. The number of hydrogen-bond donors (Lipinski definition) is 2. The number of amides is 2. The van der Waals surface area contributed by atoms with E-state index in [1.807, 2.05) is 0 Å². The second-order valence-corrected chi connectivity index (χ2v) is 4.52. The quantitative estimate of drug-likeness (QED) is 0.820. The van der Waals surface area contributed by atoms with Gasteiger partial charge in [0.15, 0.2) is 5.82 Å². The third-order valence-electron chi connectivity index (χ3n) is 3.02. The predicted molar refractivity (Wildman–Crippen MR) is 63.2 cm³/mol. The molecule has 0 aliphatic carbocycles. The van der Waals surface area contributed by atoms with Gasteiger partial charge in [-0.25, -0.2) is 4.79 Å². The molecule has 0 aromatic carbocycles. The van der Waals surface area contributed by atoms with E-state index < -0.39 is 11.9 Å². The van der Waals surface area contributed by atoms with Gasteiger partial charge in [0.1, 0.15) is 0 Å². The summed E-state index contributed by atoms with van der Waals surface area (Å²) in [5.41, 5.74) is 0. The molecule has 19 heavy (non-hydrogen) atoms. The Kier molecular flexibility index (Phi) is 3.98. The van der Waals surface area contributed by atoms with Gasteiger partial charge in [-0.05, 0) is 19.8 Å². The number of carboxylic acids is 1. The molecule has 1 aliphatic heterocycles. The minimum Gasteiger partial charge on any atom is -0.481 e. The lowest BCUT2D eigenvalue weighted by Gasteiger charge is -2.30. The lowest BCUT2D eigenvalue weighted by molar-refractivity contribution is -0.143. The first-order valence-corrected chi connectivity index (χ1v) is 6.11. The van der Waals surface area contributed by atoms with Crippen molar-refractivity contribution in [2.24, 2.45) is 5.92 Å². The van der Waals surface area contributed by atoms with E-state index in [1.54, 1.807) is 6.92 Å². The summed E-state index contributed by atoms with van der Waals surface area (Å²) in [6.07, 6.45) is 1.31. The number of piperidine rings is 1. The van der Waals surface area contributed by atoms with Gasteiger partial charge in [0, 0.05) is 13.1 Å². The first-order chi connectivity index (χ1) is 9.06. The summed E-state index contributed by atoms with van der Waals surface area (Å²) in [6, 6.07) is -0.304. The van der Waals surface area contributed by atoms with Crippen molar-refractivity contribution < 1.29 is 19.2 Å². The van der Waals surface area contributed by atoms with Crippen LogP contribution in [0.15, 0.2) is 4.52 Å². The van der Waals surface area contributed by atoms with Gasteiger partial charge < -0.3 is 19.8 Å². The summed E-state index contributed by atoms with van der Waals surface area (Å²) >= 11 is 0. The van der Waals surface area contributed by atoms with Crippen LogP contribution >= 0.6 is 0 Å². The molecule has 1 aliphatic rings. The van der Waals surface area contributed by atoms with E-state index in [0.717, 1.165) is 0 Å². The second kappa shape index (κ2) is 5.68. The minimum absolute atomic E-state index is 0.147. The van der Waals surface area contributed by atoms with E-state index >= 15 is 0 Å². The molecule has 0 bridgehead atoms. The van der Waals surface area contributed by atoms with Crippen LogP contribution in [0.1, 0.15) is 24.6 Å². The number of rotatable bonds is 3. The third-order valence-corrected chi connectivity index (χ3v) is 3.02. The highest BCUT2D eigenvalue weighted by Crippen LogP contribution is 2.16. The van der Waals surface area contributed by atoms with E-state index in [9.17, 15) is 9.59 Å². The zero-order chi connectivity index (χ0) is 13.8. The summed E-state index contributed by atoms with van der Waals surface area (Å²) in [5, 5.41) is 15.2. The number of carboxylic acid groups (broad SMARTS) is 1. The number of nitrogens with one attached hydrogen (secondary N) is 1. The van der Waals surface area contributed by atoms with E-state index in [2.05, 4.69) is 15.5 Å². The molecule has 1 atom stereocenters. The number of hydrogen-bond acceptors (Lipinski definition) is 5. The van der Waals surface area contributed by atoms with E-state index in [-0.39, 0.29) is 19.1 Å². The van der Waals surface area contributed by atoms with Crippen LogP contribution < -0.4 is 5.32 Å². The number of carbonyl (C=O) groups excluding carboxylic acids is 1. The summed E-state index contributed by atoms with van der Waals surface area (Å²) in [6.45, 7) is 2.65. The summed E-state index contributed by atoms with van der Waals surface area (Å²) in [7, 11) is 0. The van der Waals surface area contributed by atoms with Crippen LogP contribution in [0.2, 0.25) is 0 Å². The van der Waals surface area contributed by atoms with Crippen molar-refractivity contribution in [3.8, 4) is 0 Å². The Morgan fingerprint density at radius 1 is 1.58 bits per heavy atom. The van der Waals surface area contributed by atoms with Gasteiger partial charge in [-0.15, -0.1) is 0 Å². The molecule has 1 unspecified atom stereocenters. The zero-order valence-electron chi connectivity index (χ0n) is 10.6. The molecular formula is C11H16N4O4. The van der Waals surface area contributed by atoms with Crippen molar-refractivity contribution in [3.63, 3.8) is 0 Å². The second-order valence-electron chi connectivity index (χ2n) is 4.52. The smallest absolute Gasteiger partial charge is 0.317 e. The predicted octanol–water partition coefficient (Wildman–Crippen LogP) is 0.384. The number of urea groups is 1. The Balaban J connectivity index is 1.84. The van der Waals surface area contributed by atoms with E-state index in [0.29, 0.717) is 31.1 Å². The summed E-state index contributed by atoms with van der Waals surface area (Å²) in [4.78, 5) is 28.3. The minimum atomic E-state index is -0.856. The topological polar surface area (TPSA) is 109 Å². The van der Waals surface area contributed by atoms with Crippen LogP contribution in [-0.2, 0) is 11.3 Å². The van der Waals surface area contributed by atoms with Gasteiger partial charge in [-0.2, -0.15) is 4.98 Å². The number of likely N-dealkylation sites (tertiary alicyclic amines) is 1. The molecule has 0 saturated carbocycles. The van der Waals surface area contributed by atoms with Crippen molar-refractivity contribution in [2.75, 3.05) is 13.1 Å². The molecular weight excluding hydrogens is 252 g/mol. The van der Waals surface area contributed by atoms with Gasteiger partial charge in [0.05, 0.1) is 12.5 Å². The van der Waals surface area contributed by atoms with Crippen LogP contribution in [-0.4, -0.2) is 45.2 Å². The highest BCUT2D eigenvalue weighted by molar-refractivity contribution is 5.76. The molecule has 8 nitrogen and oxygen atoms in total. The van der Waals surface area contributed by atoms with Crippen molar-refractivity contribution in [1.29, 1.82) is 0 Å². The van der Waals surface area contributed by atoms with Crippen LogP contribution in [0.4, 0.5) is 4.79 Å². The maximum absolute atomic E-state index is 11.9. The van der Waals surface area contributed by atoms with Crippen LogP contribution in [0, 0.1) is 12.8 Å². The molecule has 104 valence electrons. The number of aryl methyl sites for hydroxylation is 1. The van der Waals surface area contributed by atoms with Gasteiger partial charge in [-0.3, -0.25) is 4.79 Å². The molecule has 1 aromatic rings. The zero-order valence-corrected chi connectivity index (χ0v) is 10.6. The fraction of sp³-hybridized carbons (Fsp3) is 0.636. The normalized spacial score (nSPS) is 19.2. The highest BCUT2D eigenvalue weighted by atomic mass is 16.5. The number of aliphatic carboxylic acids is 1. The standard InChI is InChI=1S/C11H16N4O4/c1-7-13-9(19-14-7)5-12-11(18)15-4-2-3-8(6-15)10(16)17/h8H,2-6H2,1H3,(H,12,18)(H,16,17). The van der Waals surface area contributed by atoms with Crippen LogP contribution in [0.5, 0.6) is 0 Å². The summed E-state index contributed by atoms with van der Waals surface area (Å²) < 4.78 is 4.87. The van der Waals surface area contributed by atoms with Gasteiger partial charge >= 0.3 is 12.0 Å². The van der Waals surface area contributed by atoms with Crippen LogP contribution in [0.25, 0.3) is 0 Å². The number of aromatic nitrogens is 2. The molecule has 1 saturated heterocycles. The molecule has 8 heteroatoms. The highest BCUT2D eigenvalue weighted by Gasteiger charge is 2.28. The number of nitrogens with zero attached hydrogens (tertiary/aromatic N) is 3. The van der Waals surface area contributed by atoms with Crippen molar-refractivity contribution in [2.45, 2.75) is 26.3 Å². The van der Waals surface area contributed by atoms with Gasteiger partial charge in [0.2, 0.25) is 5.89 Å². The maximum Gasteiger partial charge on any atom is 0.317 e. The number of carbonyl (C=O) groups is 2. The summed E-state index contributed by atoms with van der Waals surface area (Å²) in [5.74, 6) is -0.499. The van der Waals surface area contributed by atoms with E-state index in [1.165, 1.54) is 4.90 Å².